The summed E-state index contributed by atoms with van der Waals surface area (Å²) in [6.07, 6.45) is 0.157. The fourth-order valence-corrected chi connectivity index (χ4v) is 3.50. The Balaban J connectivity index is 1.26. The molecule has 4 aromatic rings. The normalized spacial score (nSPS) is 11.0. The number of ether oxygens (including phenoxy) is 2. The van der Waals surface area contributed by atoms with Gasteiger partial charge in [0.1, 0.15) is 13.1 Å². The minimum absolute atomic E-state index is 0.106. The molecule has 0 bridgehead atoms. The number of H-pyrrole nitrogens is 2. The van der Waals surface area contributed by atoms with Crippen LogP contribution in [0, 0.1) is 0 Å². The van der Waals surface area contributed by atoms with Crippen LogP contribution in [-0.2, 0) is 32.2 Å². The van der Waals surface area contributed by atoms with Crippen molar-refractivity contribution in [2.75, 3.05) is 13.2 Å². The van der Waals surface area contributed by atoms with Crippen LogP contribution in [0.5, 0.6) is 0 Å². The minimum atomic E-state index is -0.760. The van der Waals surface area contributed by atoms with Gasteiger partial charge in [0.2, 0.25) is 0 Å². The molecule has 2 N–H and O–H groups in total. The highest BCUT2D eigenvalue weighted by atomic mass is 16.5. The van der Waals surface area contributed by atoms with Crippen molar-refractivity contribution in [3.8, 4) is 0 Å². The lowest BCUT2D eigenvalue weighted by Gasteiger charge is -2.09. The molecule has 2 heterocycles. The third kappa shape index (κ3) is 5.11. The summed E-state index contributed by atoms with van der Waals surface area (Å²) in [5.41, 5.74) is -2.08. The number of rotatable bonds is 8. The van der Waals surface area contributed by atoms with Crippen molar-refractivity contribution in [1.29, 1.82) is 0 Å². The van der Waals surface area contributed by atoms with Gasteiger partial charge in [0.05, 0.1) is 34.8 Å². The molecule has 4 rings (SSSR count). The van der Waals surface area contributed by atoms with Gasteiger partial charge >= 0.3 is 11.9 Å². The summed E-state index contributed by atoms with van der Waals surface area (Å²) in [4.78, 5) is 73.1. The molecule has 0 aliphatic rings. The molecule has 0 saturated carbocycles. The molecule has 180 valence electrons. The Morgan fingerprint density at radius 1 is 0.629 bits per heavy atom. The quantitative estimate of drug-likeness (QED) is 0.260. The number of hydrogen-bond donors (Lipinski definition) is 2. The molecular formula is C23H20N4O8. The van der Waals surface area contributed by atoms with Crippen molar-refractivity contribution in [3.63, 3.8) is 0 Å². The largest absolute Gasteiger partial charge is 0.464 e. The third-order valence-corrected chi connectivity index (χ3v) is 5.16. The van der Waals surface area contributed by atoms with Crippen molar-refractivity contribution in [2.45, 2.75) is 19.5 Å². The van der Waals surface area contributed by atoms with Crippen molar-refractivity contribution in [2.24, 2.45) is 0 Å². The average Bonchev–Trinajstić information content (AvgIpc) is 2.85. The number of aromatic amines is 2. The van der Waals surface area contributed by atoms with Crippen LogP contribution in [-0.4, -0.2) is 44.7 Å². The zero-order valence-electron chi connectivity index (χ0n) is 18.3. The molecule has 0 fully saturated rings. The maximum absolute atomic E-state index is 12.4. The second-order valence-electron chi connectivity index (χ2n) is 7.55. The van der Waals surface area contributed by atoms with Crippen LogP contribution in [0.1, 0.15) is 6.42 Å². The summed E-state index contributed by atoms with van der Waals surface area (Å²) >= 11 is 0. The molecule has 0 spiro atoms. The number of nitrogens with zero attached hydrogens (tertiary/aromatic N) is 2. The molecule has 2 aromatic carbocycles. The first-order valence-electron chi connectivity index (χ1n) is 10.6. The van der Waals surface area contributed by atoms with Crippen LogP contribution in [0.25, 0.3) is 21.5 Å². The SMILES string of the molecule is O=C(Cn1[nH]c(=O)c2ccccc2c1=O)OCCCOC(=O)Cn1[nH]c(=O)c2ccccc2c1=O. The molecule has 0 aliphatic carbocycles. The molecule has 0 unspecified atom stereocenters. The number of benzene rings is 2. The van der Waals surface area contributed by atoms with Crippen molar-refractivity contribution in [1.82, 2.24) is 19.6 Å². The minimum Gasteiger partial charge on any atom is -0.464 e. The van der Waals surface area contributed by atoms with Gasteiger partial charge in [-0.3, -0.25) is 39.0 Å². The van der Waals surface area contributed by atoms with E-state index in [4.69, 9.17) is 9.47 Å². The zero-order chi connectivity index (χ0) is 24.9. The van der Waals surface area contributed by atoms with Crippen molar-refractivity contribution >= 4 is 33.5 Å². The van der Waals surface area contributed by atoms with Gasteiger partial charge in [-0.1, -0.05) is 24.3 Å². The van der Waals surface area contributed by atoms with Gasteiger partial charge in [-0.25, -0.2) is 9.36 Å². The van der Waals surface area contributed by atoms with Crippen LogP contribution in [0.15, 0.2) is 67.7 Å². The van der Waals surface area contributed by atoms with Gasteiger partial charge in [0.15, 0.2) is 0 Å². The first-order chi connectivity index (χ1) is 16.8. The maximum Gasteiger partial charge on any atom is 0.327 e. The van der Waals surface area contributed by atoms with Gasteiger partial charge in [-0.2, -0.15) is 0 Å². The Bertz CT molecular complexity index is 1540. The predicted molar refractivity (Wildman–Crippen MR) is 124 cm³/mol. The number of esters is 2. The van der Waals surface area contributed by atoms with Crippen LogP contribution in [0.2, 0.25) is 0 Å². The number of hydrogen-bond acceptors (Lipinski definition) is 8. The lowest BCUT2D eigenvalue weighted by molar-refractivity contribution is -0.147. The Morgan fingerprint density at radius 3 is 1.40 bits per heavy atom. The highest BCUT2D eigenvalue weighted by Gasteiger charge is 2.13. The van der Waals surface area contributed by atoms with E-state index in [1.165, 1.54) is 24.3 Å². The summed E-state index contributed by atoms with van der Waals surface area (Å²) < 4.78 is 11.8. The molecule has 0 saturated heterocycles. The summed E-state index contributed by atoms with van der Waals surface area (Å²) in [6, 6.07) is 12.5. The molecule has 0 amide bonds. The number of nitrogens with one attached hydrogen (secondary N) is 2. The van der Waals surface area contributed by atoms with E-state index < -0.39 is 47.3 Å². The Morgan fingerprint density at radius 2 is 1.00 bits per heavy atom. The van der Waals surface area contributed by atoms with E-state index in [1.54, 1.807) is 24.3 Å². The summed E-state index contributed by atoms with van der Waals surface area (Å²) in [5, 5.41) is 5.48. The third-order valence-electron chi connectivity index (χ3n) is 5.16. The lowest BCUT2D eigenvalue weighted by Crippen LogP contribution is -2.33. The highest BCUT2D eigenvalue weighted by molar-refractivity contribution is 5.81. The second-order valence-corrected chi connectivity index (χ2v) is 7.55. The van der Waals surface area contributed by atoms with Gasteiger partial charge in [0, 0.05) is 6.42 Å². The molecule has 12 nitrogen and oxygen atoms in total. The molecule has 35 heavy (non-hydrogen) atoms. The lowest BCUT2D eigenvalue weighted by atomic mass is 10.2. The summed E-state index contributed by atoms with van der Waals surface area (Å²) in [6.45, 7) is -1.19. The number of carbonyl (C=O) groups is 2. The Hall–Kier alpha value is -4.74. The van der Waals surface area contributed by atoms with Crippen molar-refractivity contribution in [3.05, 3.63) is 89.9 Å². The highest BCUT2D eigenvalue weighted by Crippen LogP contribution is 2.03. The van der Waals surface area contributed by atoms with Gasteiger partial charge in [-0.05, 0) is 24.3 Å². The molecule has 0 aliphatic heterocycles. The van der Waals surface area contributed by atoms with Gasteiger partial charge in [-0.15, -0.1) is 0 Å². The number of carbonyl (C=O) groups excluding carboxylic acids is 2. The number of fused-ring (bicyclic) bond motifs is 2. The van der Waals surface area contributed by atoms with E-state index in [0.717, 1.165) is 9.36 Å². The number of aromatic nitrogens is 4. The van der Waals surface area contributed by atoms with Crippen LogP contribution >= 0.6 is 0 Å². The second kappa shape index (κ2) is 10.0. The summed E-state index contributed by atoms with van der Waals surface area (Å²) in [5.74, 6) is -1.52. The van der Waals surface area contributed by atoms with Crippen LogP contribution in [0.3, 0.4) is 0 Å². The monoisotopic (exact) mass is 480 g/mol. The van der Waals surface area contributed by atoms with E-state index in [0.29, 0.717) is 0 Å². The fourth-order valence-electron chi connectivity index (χ4n) is 3.50. The van der Waals surface area contributed by atoms with Gasteiger partial charge in [0.25, 0.3) is 22.2 Å². The maximum atomic E-state index is 12.4. The first-order valence-corrected chi connectivity index (χ1v) is 10.6. The molecular weight excluding hydrogens is 460 g/mol. The zero-order valence-corrected chi connectivity index (χ0v) is 18.3. The molecule has 12 heteroatoms. The van der Waals surface area contributed by atoms with E-state index in [1.807, 2.05) is 0 Å². The smallest absolute Gasteiger partial charge is 0.327 e. The van der Waals surface area contributed by atoms with Crippen LogP contribution in [0.4, 0.5) is 0 Å². The standard InChI is InChI=1S/C23H20N4O8/c28-18(12-26-22(32)16-8-3-1-6-14(16)20(30)24-26)34-10-5-11-35-19(29)13-27-23(33)17-9-4-2-7-15(17)21(31)25-27/h1-4,6-9H,5,10-13H2,(H,24,30)(H,25,31). The topological polar surface area (TPSA) is 162 Å². The van der Waals surface area contributed by atoms with E-state index in [-0.39, 0.29) is 41.2 Å². The molecule has 2 aromatic heterocycles. The summed E-state index contributed by atoms with van der Waals surface area (Å²) in [7, 11) is 0. The predicted octanol–water partition coefficient (Wildman–Crippen LogP) is -0.130. The average molecular weight is 480 g/mol. The Kier molecular flexibility index (Phi) is 6.71. The van der Waals surface area contributed by atoms with Crippen molar-refractivity contribution < 1.29 is 19.1 Å². The molecule has 0 radical (unpaired) electrons. The fraction of sp³-hybridized carbons (Fsp3) is 0.217. The van der Waals surface area contributed by atoms with E-state index in [9.17, 15) is 28.8 Å². The van der Waals surface area contributed by atoms with Gasteiger partial charge < -0.3 is 9.47 Å². The molecule has 0 atom stereocenters. The Labute approximate surface area is 195 Å². The van der Waals surface area contributed by atoms with E-state index >= 15 is 0 Å². The first kappa shape index (κ1) is 23.4. The van der Waals surface area contributed by atoms with Crippen LogP contribution < -0.4 is 22.2 Å². The van der Waals surface area contributed by atoms with E-state index in [2.05, 4.69) is 10.2 Å².